The van der Waals surface area contributed by atoms with E-state index in [0.29, 0.717) is 12.4 Å². The van der Waals surface area contributed by atoms with Crippen molar-refractivity contribution in [1.82, 2.24) is 10.2 Å². The number of para-hydroxylation sites is 2. The molecule has 0 aromatic heterocycles. The first kappa shape index (κ1) is 32.4. The van der Waals surface area contributed by atoms with Crippen molar-refractivity contribution in [3.63, 3.8) is 0 Å². The van der Waals surface area contributed by atoms with E-state index in [1.165, 1.54) is 16.7 Å². The Morgan fingerprint density at radius 1 is 1.00 bits per heavy atom. The minimum atomic E-state index is -4.20. The van der Waals surface area contributed by atoms with Gasteiger partial charge >= 0.3 is 0 Å². The molecule has 0 spiro atoms. The smallest absolute Gasteiger partial charge is 0.264 e. The first-order chi connectivity index (χ1) is 20.6. The molecule has 43 heavy (non-hydrogen) atoms. The number of carbonyl (C=O) groups excluding carboxylic acids is 2. The third-order valence-corrected chi connectivity index (χ3v) is 10.3. The van der Waals surface area contributed by atoms with Crippen molar-refractivity contribution in [2.24, 2.45) is 0 Å². The second-order valence-electron chi connectivity index (χ2n) is 10.7. The summed E-state index contributed by atoms with van der Waals surface area (Å²) < 4.78 is 35.3. The molecule has 0 heterocycles. The highest BCUT2D eigenvalue weighted by Gasteiger charge is 2.34. The highest BCUT2D eigenvalue weighted by molar-refractivity contribution is 7.98. The lowest BCUT2D eigenvalue weighted by atomic mass is 10.1. The van der Waals surface area contributed by atoms with Gasteiger partial charge in [0, 0.05) is 17.5 Å². The normalized spacial score (nSPS) is 14.2. The topological polar surface area (TPSA) is 96.0 Å². The van der Waals surface area contributed by atoms with Crippen LogP contribution in [-0.2, 0) is 26.2 Å². The van der Waals surface area contributed by atoms with Crippen LogP contribution < -0.4 is 14.4 Å². The van der Waals surface area contributed by atoms with E-state index in [1.54, 1.807) is 55.5 Å². The van der Waals surface area contributed by atoms with Crippen LogP contribution in [0.4, 0.5) is 5.69 Å². The van der Waals surface area contributed by atoms with Crippen molar-refractivity contribution in [2.75, 3.05) is 23.7 Å². The van der Waals surface area contributed by atoms with E-state index in [0.717, 1.165) is 46.0 Å². The molecule has 2 amide bonds. The summed E-state index contributed by atoms with van der Waals surface area (Å²) in [4.78, 5) is 30.2. The van der Waals surface area contributed by atoms with Gasteiger partial charge in [-0.15, -0.1) is 11.8 Å². The summed E-state index contributed by atoms with van der Waals surface area (Å²) >= 11 is 1.51. The molecule has 1 N–H and O–H groups in total. The molecule has 0 saturated heterocycles. The number of hydrogen-bond acceptors (Lipinski definition) is 6. The molecule has 3 aromatic carbocycles. The van der Waals surface area contributed by atoms with Crippen LogP contribution in [0.25, 0.3) is 0 Å². The lowest BCUT2D eigenvalue weighted by Gasteiger charge is -2.33. The number of aryl methyl sites for hydroxylation is 1. The SMILES string of the molecule is CCOc1ccccc1N(CC(=O)N(Cc1ccccc1C)C(C)C(=O)NC1CCCC1)S(=O)(=O)c1ccc(SC)cc1. The van der Waals surface area contributed by atoms with Crippen molar-refractivity contribution < 1.29 is 22.7 Å². The Hall–Kier alpha value is -3.50. The zero-order valence-electron chi connectivity index (χ0n) is 25.3. The Morgan fingerprint density at radius 3 is 2.30 bits per heavy atom. The third kappa shape index (κ3) is 7.92. The Balaban J connectivity index is 1.73. The van der Waals surface area contributed by atoms with E-state index < -0.39 is 28.5 Å². The van der Waals surface area contributed by atoms with Crippen LogP contribution in [-0.4, -0.2) is 56.6 Å². The van der Waals surface area contributed by atoms with Crippen LogP contribution in [0.3, 0.4) is 0 Å². The second-order valence-corrected chi connectivity index (χ2v) is 13.4. The highest BCUT2D eigenvalue weighted by atomic mass is 32.2. The van der Waals surface area contributed by atoms with E-state index in [2.05, 4.69) is 5.32 Å². The molecule has 0 bridgehead atoms. The largest absolute Gasteiger partial charge is 0.492 e. The number of nitrogens with zero attached hydrogens (tertiary/aromatic N) is 2. The summed E-state index contributed by atoms with van der Waals surface area (Å²) in [5.41, 5.74) is 2.11. The fourth-order valence-electron chi connectivity index (χ4n) is 5.27. The van der Waals surface area contributed by atoms with Crippen LogP contribution in [0.2, 0.25) is 0 Å². The van der Waals surface area contributed by atoms with Crippen molar-refractivity contribution in [2.45, 2.75) is 74.9 Å². The number of benzene rings is 3. The van der Waals surface area contributed by atoms with Gasteiger partial charge in [-0.25, -0.2) is 8.42 Å². The average Bonchev–Trinajstić information content (AvgIpc) is 3.52. The molecule has 1 atom stereocenters. The quantitative estimate of drug-likeness (QED) is 0.242. The second kappa shape index (κ2) is 14.8. The van der Waals surface area contributed by atoms with Gasteiger partial charge in [-0.3, -0.25) is 13.9 Å². The predicted octanol–water partition coefficient (Wildman–Crippen LogP) is 5.79. The summed E-state index contributed by atoms with van der Waals surface area (Å²) in [6.45, 7) is 5.44. The highest BCUT2D eigenvalue weighted by Crippen LogP contribution is 2.33. The third-order valence-electron chi connectivity index (χ3n) is 7.83. The average molecular weight is 624 g/mol. The minimum absolute atomic E-state index is 0.0573. The number of rotatable bonds is 13. The first-order valence-corrected chi connectivity index (χ1v) is 17.3. The van der Waals surface area contributed by atoms with Crippen LogP contribution in [0.15, 0.2) is 82.6 Å². The molecular formula is C33H41N3O5S2. The zero-order chi connectivity index (χ0) is 31.0. The molecule has 8 nitrogen and oxygen atoms in total. The molecular weight excluding hydrogens is 583 g/mol. The van der Waals surface area contributed by atoms with E-state index >= 15 is 0 Å². The molecule has 4 rings (SSSR count). The molecule has 0 aliphatic heterocycles. The minimum Gasteiger partial charge on any atom is -0.492 e. The molecule has 1 aliphatic carbocycles. The van der Waals surface area contributed by atoms with Crippen LogP contribution in [0.5, 0.6) is 5.75 Å². The molecule has 1 unspecified atom stereocenters. The van der Waals surface area contributed by atoms with Gasteiger partial charge in [0.15, 0.2) is 0 Å². The fraction of sp³-hybridized carbons (Fsp3) is 0.394. The molecule has 230 valence electrons. The number of anilines is 1. The molecule has 1 saturated carbocycles. The standard InChI is InChI=1S/C33H41N3O5S2/c1-5-41-31-17-11-10-16-30(31)36(43(39,40)29-20-18-28(42-4)19-21-29)23-32(37)35(22-26-13-7-6-12-24(26)2)25(3)33(38)34-27-14-8-9-15-27/h6-7,10-13,16-21,25,27H,5,8-9,14-15,22-23H2,1-4H3,(H,34,38). The van der Waals surface area contributed by atoms with Crippen LogP contribution in [0, 0.1) is 6.92 Å². The summed E-state index contributed by atoms with van der Waals surface area (Å²) in [7, 11) is -4.20. The van der Waals surface area contributed by atoms with E-state index in [1.807, 2.05) is 44.4 Å². The molecule has 10 heteroatoms. The Labute approximate surface area is 259 Å². The van der Waals surface area contributed by atoms with Gasteiger partial charge in [0.25, 0.3) is 10.0 Å². The maximum atomic E-state index is 14.3. The Kier molecular flexibility index (Phi) is 11.2. The van der Waals surface area contributed by atoms with Gasteiger partial charge in [0.2, 0.25) is 11.8 Å². The van der Waals surface area contributed by atoms with Crippen LogP contribution in [0.1, 0.15) is 50.7 Å². The maximum Gasteiger partial charge on any atom is 0.264 e. The zero-order valence-corrected chi connectivity index (χ0v) is 26.9. The first-order valence-electron chi connectivity index (χ1n) is 14.7. The van der Waals surface area contributed by atoms with E-state index in [9.17, 15) is 18.0 Å². The summed E-state index contributed by atoms with van der Waals surface area (Å²) in [6, 6.07) is 20.3. The summed E-state index contributed by atoms with van der Waals surface area (Å²) in [6.07, 6.45) is 5.88. The number of carbonyl (C=O) groups is 2. The van der Waals surface area contributed by atoms with Gasteiger partial charge in [-0.05, 0) is 87.4 Å². The summed E-state index contributed by atoms with van der Waals surface area (Å²) in [5, 5.41) is 3.11. The van der Waals surface area contributed by atoms with Gasteiger partial charge in [-0.2, -0.15) is 0 Å². The lowest BCUT2D eigenvalue weighted by Crippen LogP contribution is -2.52. The fourth-order valence-corrected chi connectivity index (χ4v) is 7.11. The van der Waals surface area contributed by atoms with Crippen molar-refractivity contribution in [1.29, 1.82) is 0 Å². The maximum absolute atomic E-state index is 14.3. The van der Waals surface area contributed by atoms with Crippen LogP contribution >= 0.6 is 11.8 Å². The molecule has 3 aromatic rings. The van der Waals surface area contributed by atoms with Gasteiger partial charge in [0.05, 0.1) is 17.2 Å². The van der Waals surface area contributed by atoms with Gasteiger partial charge in [-0.1, -0.05) is 49.2 Å². The van der Waals surface area contributed by atoms with Crippen molar-refractivity contribution in [3.05, 3.63) is 83.9 Å². The molecule has 1 fully saturated rings. The Bertz CT molecular complexity index is 1500. The summed E-state index contributed by atoms with van der Waals surface area (Å²) in [5.74, 6) is -0.391. The number of hydrogen-bond donors (Lipinski definition) is 1. The number of ether oxygens (including phenoxy) is 1. The lowest BCUT2D eigenvalue weighted by molar-refractivity contribution is -0.139. The van der Waals surface area contributed by atoms with Gasteiger partial charge < -0.3 is 15.0 Å². The number of nitrogens with one attached hydrogen (secondary N) is 1. The van der Waals surface area contributed by atoms with Crippen molar-refractivity contribution >= 4 is 39.3 Å². The van der Waals surface area contributed by atoms with E-state index in [4.69, 9.17) is 4.74 Å². The number of sulfonamides is 1. The van der Waals surface area contributed by atoms with E-state index in [-0.39, 0.29) is 29.1 Å². The number of amides is 2. The number of thioether (sulfide) groups is 1. The molecule has 0 radical (unpaired) electrons. The van der Waals surface area contributed by atoms with Gasteiger partial charge in [0.1, 0.15) is 18.3 Å². The molecule has 1 aliphatic rings. The Morgan fingerprint density at radius 2 is 1.65 bits per heavy atom. The predicted molar refractivity (Wildman–Crippen MR) is 172 cm³/mol. The monoisotopic (exact) mass is 623 g/mol. The van der Waals surface area contributed by atoms with Crippen molar-refractivity contribution in [3.8, 4) is 5.75 Å².